The van der Waals surface area contributed by atoms with Crippen LogP contribution in [0.25, 0.3) is 0 Å². The Morgan fingerprint density at radius 3 is 2.75 bits per heavy atom. The van der Waals surface area contributed by atoms with Crippen molar-refractivity contribution in [1.29, 1.82) is 0 Å². The smallest absolute Gasteiger partial charge is 0.191 e. The number of thiazole rings is 1. The zero-order chi connectivity index (χ0) is 16.5. The summed E-state index contributed by atoms with van der Waals surface area (Å²) in [7, 11) is 1.85. The van der Waals surface area contributed by atoms with Crippen LogP contribution in [-0.4, -0.2) is 55.1 Å². The molecule has 1 aliphatic heterocycles. The lowest BCUT2D eigenvalue weighted by Crippen LogP contribution is -2.49. The van der Waals surface area contributed by atoms with Gasteiger partial charge < -0.3 is 15.5 Å². The maximum Gasteiger partial charge on any atom is 0.191 e. The minimum absolute atomic E-state index is 0. The minimum atomic E-state index is 0. The third-order valence-electron chi connectivity index (χ3n) is 4.28. The van der Waals surface area contributed by atoms with Gasteiger partial charge in [0.2, 0.25) is 0 Å². The molecule has 0 aliphatic carbocycles. The number of hydrogen-bond acceptors (Lipinski definition) is 4. The molecule has 0 atom stereocenters. The molecular formula is C17H32IN5S. The number of nitrogens with one attached hydrogen (secondary N) is 2. The normalized spacial score (nSPS) is 16.7. The highest BCUT2D eigenvalue weighted by Gasteiger charge is 2.19. The second-order valence-corrected chi connectivity index (χ2v) is 7.55. The van der Waals surface area contributed by atoms with Gasteiger partial charge in [0.05, 0.1) is 5.01 Å². The molecule has 2 N–H and O–H groups in total. The van der Waals surface area contributed by atoms with Crippen LogP contribution in [-0.2, 0) is 6.42 Å². The van der Waals surface area contributed by atoms with Crippen molar-refractivity contribution in [2.24, 2.45) is 4.99 Å². The van der Waals surface area contributed by atoms with E-state index in [1.165, 1.54) is 55.2 Å². The number of halogens is 1. The van der Waals surface area contributed by atoms with E-state index in [4.69, 9.17) is 0 Å². The van der Waals surface area contributed by atoms with E-state index in [-0.39, 0.29) is 24.0 Å². The van der Waals surface area contributed by atoms with E-state index in [1.807, 2.05) is 13.2 Å². The molecule has 0 aromatic carbocycles. The van der Waals surface area contributed by atoms with Gasteiger partial charge in [-0.25, -0.2) is 4.98 Å². The average molecular weight is 465 g/mol. The molecule has 1 saturated heterocycles. The van der Waals surface area contributed by atoms with Crippen LogP contribution in [0, 0.1) is 6.92 Å². The highest BCUT2D eigenvalue weighted by molar-refractivity contribution is 14.0. The fourth-order valence-electron chi connectivity index (χ4n) is 2.88. The number of aliphatic imine (C=N–C) groups is 1. The van der Waals surface area contributed by atoms with E-state index in [0.717, 1.165) is 18.9 Å². The SMILES string of the molecule is CCCCN1CCC(NC(=NC)NCCc2ncc(C)s2)CC1.I. The van der Waals surface area contributed by atoms with E-state index in [9.17, 15) is 0 Å². The molecule has 0 unspecified atom stereocenters. The molecule has 138 valence electrons. The van der Waals surface area contributed by atoms with E-state index in [0.29, 0.717) is 6.04 Å². The number of aryl methyl sites for hydroxylation is 1. The van der Waals surface area contributed by atoms with Crippen LogP contribution in [0.2, 0.25) is 0 Å². The highest BCUT2D eigenvalue weighted by atomic mass is 127. The van der Waals surface area contributed by atoms with E-state index < -0.39 is 0 Å². The van der Waals surface area contributed by atoms with Crippen LogP contribution in [0.4, 0.5) is 0 Å². The first-order valence-electron chi connectivity index (χ1n) is 8.82. The number of aromatic nitrogens is 1. The summed E-state index contributed by atoms with van der Waals surface area (Å²) in [4.78, 5) is 12.6. The third-order valence-corrected chi connectivity index (χ3v) is 5.25. The Morgan fingerprint density at radius 1 is 1.42 bits per heavy atom. The third kappa shape index (κ3) is 7.65. The number of likely N-dealkylation sites (tertiary alicyclic amines) is 1. The number of hydrogen-bond donors (Lipinski definition) is 2. The largest absolute Gasteiger partial charge is 0.356 e. The first-order chi connectivity index (χ1) is 11.2. The minimum Gasteiger partial charge on any atom is -0.356 e. The summed E-state index contributed by atoms with van der Waals surface area (Å²) >= 11 is 1.77. The molecular weight excluding hydrogens is 433 g/mol. The summed E-state index contributed by atoms with van der Waals surface area (Å²) in [5.74, 6) is 0.922. The lowest BCUT2D eigenvalue weighted by Gasteiger charge is -2.33. The second kappa shape index (κ2) is 12.0. The van der Waals surface area contributed by atoms with Crippen LogP contribution >= 0.6 is 35.3 Å². The number of piperidine rings is 1. The van der Waals surface area contributed by atoms with Crippen molar-refractivity contribution in [3.63, 3.8) is 0 Å². The summed E-state index contributed by atoms with van der Waals surface area (Å²) in [5.41, 5.74) is 0. The van der Waals surface area contributed by atoms with Gasteiger partial charge >= 0.3 is 0 Å². The Morgan fingerprint density at radius 2 is 2.17 bits per heavy atom. The Bertz CT molecular complexity index is 483. The quantitative estimate of drug-likeness (QED) is 0.369. The van der Waals surface area contributed by atoms with Gasteiger partial charge in [0.1, 0.15) is 0 Å². The van der Waals surface area contributed by atoms with E-state index in [1.54, 1.807) is 11.3 Å². The van der Waals surface area contributed by atoms with E-state index in [2.05, 4.69) is 39.4 Å². The Balaban J connectivity index is 0.00000288. The molecule has 1 fully saturated rings. The van der Waals surface area contributed by atoms with Crippen LogP contribution in [0.1, 0.15) is 42.5 Å². The lowest BCUT2D eigenvalue weighted by molar-refractivity contribution is 0.203. The monoisotopic (exact) mass is 465 g/mol. The molecule has 1 aliphatic rings. The Hall–Kier alpha value is -0.410. The summed E-state index contributed by atoms with van der Waals surface area (Å²) in [6.45, 7) is 8.89. The molecule has 0 amide bonds. The van der Waals surface area contributed by atoms with Crippen molar-refractivity contribution in [1.82, 2.24) is 20.5 Å². The van der Waals surface area contributed by atoms with Crippen LogP contribution in [0.5, 0.6) is 0 Å². The second-order valence-electron chi connectivity index (χ2n) is 6.23. The fourth-order valence-corrected chi connectivity index (χ4v) is 3.66. The van der Waals surface area contributed by atoms with Crippen molar-refractivity contribution in [2.45, 2.75) is 52.0 Å². The van der Waals surface area contributed by atoms with Crippen molar-refractivity contribution in [2.75, 3.05) is 33.2 Å². The number of nitrogens with zero attached hydrogens (tertiary/aromatic N) is 3. The molecule has 0 bridgehead atoms. The zero-order valence-corrected chi connectivity index (χ0v) is 18.3. The van der Waals surface area contributed by atoms with Gasteiger partial charge in [0.25, 0.3) is 0 Å². The highest BCUT2D eigenvalue weighted by Crippen LogP contribution is 2.12. The summed E-state index contributed by atoms with van der Waals surface area (Å²) < 4.78 is 0. The van der Waals surface area contributed by atoms with Crippen molar-refractivity contribution in [3.05, 3.63) is 16.1 Å². The van der Waals surface area contributed by atoms with Crippen LogP contribution < -0.4 is 10.6 Å². The number of rotatable bonds is 7. The predicted octanol–water partition coefficient (Wildman–Crippen LogP) is 3.04. The maximum atomic E-state index is 4.40. The van der Waals surface area contributed by atoms with Crippen molar-refractivity contribution < 1.29 is 0 Å². The predicted molar refractivity (Wildman–Crippen MR) is 115 cm³/mol. The Kier molecular flexibility index (Phi) is 10.8. The van der Waals surface area contributed by atoms with Gasteiger partial charge in [-0.15, -0.1) is 35.3 Å². The van der Waals surface area contributed by atoms with E-state index >= 15 is 0 Å². The van der Waals surface area contributed by atoms with Gasteiger partial charge in [-0.1, -0.05) is 13.3 Å². The molecule has 1 aromatic rings. The molecule has 7 heteroatoms. The standard InChI is InChI=1S/C17H31N5S.HI/c1-4-5-10-22-11-7-15(8-12-22)21-17(18-3)19-9-6-16-20-13-14(2)23-16;/h13,15H,4-12H2,1-3H3,(H2,18,19,21);1H. The summed E-state index contributed by atoms with van der Waals surface area (Å²) in [6, 6.07) is 0.543. The molecule has 0 saturated carbocycles. The van der Waals surface area contributed by atoms with Crippen LogP contribution in [0.15, 0.2) is 11.2 Å². The summed E-state index contributed by atoms with van der Waals surface area (Å²) in [6.07, 6.45) is 7.91. The molecule has 2 heterocycles. The molecule has 0 radical (unpaired) electrons. The van der Waals surface area contributed by atoms with Gasteiger partial charge in [-0.2, -0.15) is 0 Å². The summed E-state index contributed by atoms with van der Waals surface area (Å²) in [5, 5.41) is 8.17. The topological polar surface area (TPSA) is 52.5 Å². The Labute approximate surface area is 167 Å². The van der Waals surface area contributed by atoms with Crippen LogP contribution in [0.3, 0.4) is 0 Å². The number of guanidine groups is 1. The average Bonchev–Trinajstić information content (AvgIpc) is 2.98. The van der Waals surface area contributed by atoms with Gasteiger partial charge in [-0.05, 0) is 32.7 Å². The zero-order valence-electron chi connectivity index (χ0n) is 15.2. The molecule has 5 nitrogen and oxygen atoms in total. The van der Waals surface area contributed by atoms with Crippen molar-refractivity contribution in [3.8, 4) is 0 Å². The lowest BCUT2D eigenvalue weighted by atomic mass is 10.0. The molecule has 2 rings (SSSR count). The first kappa shape index (κ1) is 21.6. The molecule has 0 spiro atoms. The number of unbranched alkanes of at least 4 members (excludes halogenated alkanes) is 1. The van der Waals surface area contributed by atoms with Gasteiger partial charge in [0.15, 0.2) is 5.96 Å². The van der Waals surface area contributed by atoms with Crippen molar-refractivity contribution >= 4 is 41.3 Å². The fraction of sp³-hybridized carbons (Fsp3) is 0.765. The molecule has 1 aromatic heterocycles. The molecule has 24 heavy (non-hydrogen) atoms. The first-order valence-corrected chi connectivity index (χ1v) is 9.63. The van der Waals surface area contributed by atoms with Gasteiger partial charge in [0, 0.05) is 50.2 Å². The maximum absolute atomic E-state index is 4.40. The van der Waals surface area contributed by atoms with Gasteiger partial charge in [-0.3, -0.25) is 4.99 Å².